The molecule has 0 spiro atoms. The number of amides is 1. The van der Waals surface area contributed by atoms with Crippen LogP contribution in [0.3, 0.4) is 0 Å². The van der Waals surface area contributed by atoms with E-state index in [0.717, 1.165) is 10.0 Å². The minimum Gasteiger partial charge on any atom is -0.397 e. The van der Waals surface area contributed by atoms with Crippen molar-refractivity contribution in [1.82, 2.24) is 9.88 Å². The summed E-state index contributed by atoms with van der Waals surface area (Å²) < 4.78 is 2.87. The molecule has 5 heteroatoms. The van der Waals surface area contributed by atoms with Crippen LogP contribution in [-0.4, -0.2) is 10.5 Å². The number of nitrogen functional groups attached to an aromatic ring is 1. The van der Waals surface area contributed by atoms with E-state index in [2.05, 4.69) is 21.2 Å². The molecular weight excluding hydrogens is 318 g/mol. The molecule has 1 amide bonds. The Morgan fingerprint density at radius 2 is 2.05 bits per heavy atom. The number of anilines is 1. The number of benzene rings is 1. The second-order valence-corrected chi connectivity index (χ2v) is 5.61. The normalized spacial score (nSPS) is 12.2. The zero-order valence-electron chi connectivity index (χ0n) is 11.6. The minimum atomic E-state index is -0.112. The lowest BCUT2D eigenvalue weighted by Crippen LogP contribution is -2.28. The van der Waals surface area contributed by atoms with Crippen molar-refractivity contribution in [1.29, 1.82) is 0 Å². The summed E-state index contributed by atoms with van der Waals surface area (Å²) in [6.45, 7) is 4.66. The standard InChI is InChI=1S/C15H18BrN3O/c1-3-19-9-13(17)8-14(19)15(20)18-10(2)11-4-6-12(16)7-5-11/h4-10H,3,17H2,1-2H3,(H,18,20). The van der Waals surface area contributed by atoms with Gasteiger partial charge in [-0.2, -0.15) is 0 Å². The minimum absolute atomic E-state index is 0.0583. The van der Waals surface area contributed by atoms with E-state index >= 15 is 0 Å². The van der Waals surface area contributed by atoms with Gasteiger partial charge in [-0.15, -0.1) is 0 Å². The topological polar surface area (TPSA) is 60.0 Å². The molecule has 0 aliphatic carbocycles. The lowest BCUT2D eigenvalue weighted by atomic mass is 10.1. The molecule has 0 saturated heterocycles. The molecule has 0 radical (unpaired) electrons. The summed E-state index contributed by atoms with van der Waals surface area (Å²) in [7, 11) is 0. The fraction of sp³-hybridized carbons (Fsp3) is 0.267. The average molecular weight is 336 g/mol. The third-order valence-corrected chi connectivity index (χ3v) is 3.74. The molecule has 0 bridgehead atoms. The highest BCUT2D eigenvalue weighted by molar-refractivity contribution is 9.10. The van der Waals surface area contributed by atoms with Crippen LogP contribution in [-0.2, 0) is 6.54 Å². The summed E-state index contributed by atoms with van der Waals surface area (Å²) >= 11 is 3.40. The molecule has 0 aliphatic heterocycles. The summed E-state index contributed by atoms with van der Waals surface area (Å²) in [6.07, 6.45) is 1.78. The molecule has 0 aliphatic rings. The summed E-state index contributed by atoms with van der Waals surface area (Å²) in [5, 5.41) is 2.99. The zero-order chi connectivity index (χ0) is 14.7. The number of carbonyl (C=O) groups excluding carboxylic acids is 1. The van der Waals surface area contributed by atoms with Crippen molar-refractivity contribution in [2.75, 3.05) is 5.73 Å². The van der Waals surface area contributed by atoms with Gasteiger partial charge in [-0.3, -0.25) is 4.79 Å². The Kier molecular flexibility index (Phi) is 4.49. The van der Waals surface area contributed by atoms with Gasteiger partial charge in [-0.25, -0.2) is 0 Å². The molecule has 1 unspecified atom stereocenters. The smallest absolute Gasteiger partial charge is 0.268 e. The summed E-state index contributed by atoms with van der Waals surface area (Å²) in [5.74, 6) is -0.112. The fourth-order valence-electron chi connectivity index (χ4n) is 2.09. The molecule has 0 saturated carbocycles. The van der Waals surface area contributed by atoms with Gasteiger partial charge in [-0.1, -0.05) is 28.1 Å². The maximum absolute atomic E-state index is 12.3. The van der Waals surface area contributed by atoms with Crippen molar-refractivity contribution in [2.24, 2.45) is 0 Å². The number of rotatable bonds is 4. The third kappa shape index (κ3) is 3.22. The van der Waals surface area contributed by atoms with Gasteiger partial charge >= 0.3 is 0 Å². The molecular formula is C15H18BrN3O. The van der Waals surface area contributed by atoms with E-state index in [4.69, 9.17) is 5.73 Å². The number of carbonyl (C=O) groups is 1. The van der Waals surface area contributed by atoms with Crippen molar-refractivity contribution in [3.63, 3.8) is 0 Å². The van der Waals surface area contributed by atoms with Gasteiger partial charge in [0.05, 0.1) is 11.7 Å². The Morgan fingerprint density at radius 1 is 1.40 bits per heavy atom. The van der Waals surface area contributed by atoms with Gasteiger partial charge in [0.1, 0.15) is 5.69 Å². The highest BCUT2D eigenvalue weighted by Crippen LogP contribution is 2.18. The molecule has 1 aromatic heterocycles. The van der Waals surface area contributed by atoms with E-state index in [1.807, 2.05) is 42.7 Å². The van der Waals surface area contributed by atoms with Gasteiger partial charge in [-0.05, 0) is 37.6 Å². The van der Waals surface area contributed by atoms with Crippen LogP contribution in [0.4, 0.5) is 5.69 Å². The number of hydrogen-bond acceptors (Lipinski definition) is 2. The van der Waals surface area contributed by atoms with Crippen LogP contribution in [0.2, 0.25) is 0 Å². The largest absolute Gasteiger partial charge is 0.397 e. The van der Waals surface area contributed by atoms with E-state index in [-0.39, 0.29) is 11.9 Å². The number of nitrogens with two attached hydrogens (primary N) is 1. The summed E-state index contributed by atoms with van der Waals surface area (Å²) in [4.78, 5) is 12.3. The van der Waals surface area contributed by atoms with E-state index in [1.165, 1.54) is 0 Å². The summed E-state index contributed by atoms with van der Waals surface area (Å²) in [5.41, 5.74) is 8.00. The summed E-state index contributed by atoms with van der Waals surface area (Å²) in [6, 6.07) is 9.55. The Hall–Kier alpha value is -1.75. The first-order valence-corrected chi connectivity index (χ1v) is 7.32. The van der Waals surface area contributed by atoms with Crippen LogP contribution in [0.25, 0.3) is 0 Å². The number of nitrogens with one attached hydrogen (secondary N) is 1. The highest BCUT2D eigenvalue weighted by Gasteiger charge is 2.15. The van der Waals surface area contributed by atoms with Crippen LogP contribution in [0, 0.1) is 0 Å². The second-order valence-electron chi connectivity index (χ2n) is 4.69. The van der Waals surface area contributed by atoms with Crippen molar-refractivity contribution in [2.45, 2.75) is 26.4 Å². The Bertz CT molecular complexity index is 604. The van der Waals surface area contributed by atoms with Gasteiger partial charge in [0, 0.05) is 17.2 Å². The van der Waals surface area contributed by atoms with Crippen LogP contribution in [0.1, 0.15) is 35.9 Å². The first-order valence-electron chi connectivity index (χ1n) is 6.53. The lowest BCUT2D eigenvalue weighted by molar-refractivity contribution is 0.0930. The number of aromatic nitrogens is 1. The molecule has 1 heterocycles. The number of nitrogens with zero attached hydrogens (tertiary/aromatic N) is 1. The number of hydrogen-bond donors (Lipinski definition) is 2. The molecule has 4 nitrogen and oxygen atoms in total. The second kappa shape index (κ2) is 6.13. The van der Waals surface area contributed by atoms with Crippen molar-refractivity contribution in [3.8, 4) is 0 Å². The molecule has 2 rings (SSSR count). The Balaban J connectivity index is 2.12. The van der Waals surface area contributed by atoms with Crippen molar-refractivity contribution in [3.05, 3.63) is 52.3 Å². The Labute approximate surface area is 127 Å². The van der Waals surface area contributed by atoms with E-state index < -0.39 is 0 Å². The predicted octanol–water partition coefficient (Wildman–Crippen LogP) is 3.34. The first kappa shape index (κ1) is 14.7. The van der Waals surface area contributed by atoms with Crippen LogP contribution in [0.5, 0.6) is 0 Å². The molecule has 20 heavy (non-hydrogen) atoms. The molecule has 106 valence electrons. The maximum Gasteiger partial charge on any atom is 0.268 e. The molecule has 2 aromatic rings. The third-order valence-electron chi connectivity index (χ3n) is 3.21. The Morgan fingerprint density at radius 3 is 2.65 bits per heavy atom. The highest BCUT2D eigenvalue weighted by atomic mass is 79.9. The molecule has 0 fully saturated rings. The number of aryl methyl sites for hydroxylation is 1. The van der Waals surface area contributed by atoms with Crippen LogP contribution < -0.4 is 11.1 Å². The molecule has 3 N–H and O–H groups in total. The van der Waals surface area contributed by atoms with Crippen LogP contribution in [0.15, 0.2) is 41.0 Å². The maximum atomic E-state index is 12.3. The van der Waals surface area contributed by atoms with Gasteiger partial charge < -0.3 is 15.6 Å². The van der Waals surface area contributed by atoms with Crippen LogP contribution >= 0.6 is 15.9 Å². The SMILES string of the molecule is CCn1cc(N)cc1C(=O)NC(C)c1ccc(Br)cc1. The van der Waals surface area contributed by atoms with Crippen molar-refractivity contribution < 1.29 is 4.79 Å². The van der Waals surface area contributed by atoms with E-state index in [9.17, 15) is 4.79 Å². The molecule has 1 atom stereocenters. The van der Waals surface area contributed by atoms with Gasteiger partial charge in [0.15, 0.2) is 0 Å². The monoisotopic (exact) mass is 335 g/mol. The van der Waals surface area contributed by atoms with E-state index in [1.54, 1.807) is 12.3 Å². The quantitative estimate of drug-likeness (QED) is 0.900. The fourth-order valence-corrected chi connectivity index (χ4v) is 2.35. The zero-order valence-corrected chi connectivity index (χ0v) is 13.1. The predicted molar refractivity (Wildman–Crippen MR) is 84.5 cm³/mol. The average Bonchev–Trinajstić information content (AvgIpc) is 2.80. The number of halogens is 1. The lowest BCUT2D eigenvalue weighted by Gasteiger charge is -2.15. The van der Waals surface area contributed by atoms with Crippen molar-refractivity contribution >= 4 is 27.5 Å². The van der Waals surface area contributed by atoms with Gasteiger partial charge in [0.2, 0.25) is 0 Å². The van der Waals surface area contributed by atoms with E-state index in [0.29, 0.717) is 17.9 Å². The first-order chi connectivity index (χ1) is 9.51. The van der Waals surface area contributed by atoms with Gasteiger partial charge in [0.25, 0.3) is 5.91 Å². The molecule has 1 aromatic carbocycles.